The van der Waals surface area contributed by atoms with Crippen LogP contribution in [-0.4, -0.2) is 19.5 Å². The Kier molecular flexibility index (Phi) is 3.23. The first-order valence-electron chi connectivity index (χ1n) is 5.39. The monoisotopic (exact) mass is 261 g/mol. The van der Waals surface area contributed by atoms with Gasteiger partial charge in [0.05, 0.1) is 35.8 Å². The molecule has 0 atom stereocenters. The molecule has 0 fully saturated rings. The molecule has 0 saturated carbocycles. The van der Waals surface area contributed by atoms with Crippen molar-refractivity contribution in [2.45, 2.75) is 13.5 Å². The summed E-state index contributed by atoms with van der Waals surface area (Å²) in [4.78, 5) is 29.9. The summed E-state index contributed by atoms with van der Waals surface area (Å²) in [5.74, 6) is 0.269. The van der Waals surface area contributed by atoms with Crippen LogP contribution in [0.5, 0.6) is 0 Å². The molecule has 0 bridgehead atoms. The highest BCUT2D eigenvalue weighted by molar-refractivity contribution is 5.36. The lowest BCUT2D eigenvalue weighted by atomic mass is 10.2. The van der Waals surface area contributed by atoms with Crippen LogP contribution in [-0.2, 0) is 6.54 Å². The van der Waals surface area contributed by atoms with Gasteiger partial charge in [-0.2, -0.15) is 0 Å². The number of hydrogen-bond acceptors (Lipinski definition) is 6. The molecular formula is C11H11N5O3. The number of nitro groups is 1. The van der Waals surface area contributed by atoms with Crippen LogP contribution in [0.2, 0.25) is 0 Å². The summed E-state index contributed by atoms with van der Waals surface area (Å²) in [6, 6.07) is 1.23. The Morgan fingerprint density at radius 2 is 2.16 bits per heavy atom. The van der Waals surface area contributed by atoms with Gasteiger partial charge in [-0.15, -0.1) is 0 Å². The predicted octanol–water partition coefficient (Wildman–Crippen LogP) is 0.485. The van der Waals surface area contributed by atoms with E-state index < -0.39 is 4.92 Å². The quantitative estimate of drug-likeness (QED) is 0.634. The van der Waals surface area contributed by atoms with E-state index in [2.05, 4.69) is 9.97 Å². The minimum atomic E-state index is -0.528. The summed E-state index contributed by atoms with van der Waals surface area (Å²) in [5.41, 5.74) is 5.79. The second-order valence-corrected chi connectivity index (χ2v) is 4.00. The van der Waals surface area contributed by atoms with Gasteiger partial charge in [0, 0.05) is 11.6 Å². The SMILES string of the molecule is Cc1cc(=O)n(Cc2cnc(N)cn2)cc1[N+](=O)[O-]. The molecule has 2 rings (SSSR count). The third-order valence-electron chi connectivity index (χ3n) is 2.56. The maximum absolute atomic E-state index is 11.8. The number of aromatic nitrogens is 3. The average molecular weight is 261 g/mol. The fourth-order valence-corrected chi connectivity index (χ4v) is 1.59. The van der Waals surface area contributed by atoms with Crippen molar-refractivity contribution in [1.82, 2.24) is 14.5 Å². The van der Waals surface area contributed by atoms with E-state index >= 15 is 0 Å². The molecule has 0 aliphatic rings. The van der Waals surface area contributed by atoms with E-state index in [0.717, 1.165) is 0 Å². The summed E-state index contributed by atoms with van der Waals surface area (Å²) in [5, 5.41) is 10.8. The van der Waals surface area contributed by atoms with Crippen molar-refractivity contribution in [3.63, 3.8) is 0 Å². The van der Waals surface area contributed by atoms with E-state index in [0.29, 0.717) is 11.3 Å². The molecule has 0 aliphatic heterocycles. The van der Waals surface area contributed by atoms with Gasteiger partial charge in [0.1, 0.15) is 5.82 Å². The smallest absolute Gasteiger partial charge is 0.288 e. The molecule has 0 aromatic carbocycles. The average Bonchev–Trinajstić information content (AvgIpc) is 2.34. The summed E-state index contributed by atoms with van der Waals surface area (Å²) < 4.78 is 1.21. The highest BCUT2D eigenvalue weighted by atomic mass is 16.6. The number of hydrogen-bond donors (Lipinski definition) is 1. The van der Waals surface area contributed by atoms with Crippen LogP contribution in [0.25, 0.3) is 0 Å². The molecule has 0 spiro atoms. The van der Waals surface area contributed by atoms with Gasteiger partial charge in [0.25, 0.3) is 11.2 Å². The molecule has 0 amide bonds. The fraction of sp³-hybridized carbons (Fsp3) is 0.182. The Hall–Kier alpha value is -2.77. The normalized spacial score (nSPS) is 10.4. The first-order valence-corrected chi connectivity index (χ1v) is 5.39. The fourth-order valence-electron chi connectivity index (χ4n) is 1.59. The number of nitrogens with two attached hydrogens (primary N) is 1. The molecule has 2 aromatic heterocycles. The highest BCUT2D eigenvalue weighted by Gasteiger charge is 2.13. The molecule has 0 radical (unpaired) electrons. The molecule has 2 aromatic rings. The topological polar surface area (TPSA) is 117 Å². The van der Waals surface area contributed by atoms with Gasteiger partial charge in [-0.25, -0.2) is 4.98 Å². The van der Waals surface area contributed by atoms with Crippen molar-refractivity contribution < 1.29 is 4.92 Å². The molecule has 8 nitrogen and oxygen atoms in total. The Morgan fingerprint density at radius 3 is 2.74 bits per heavy atom. The maximum Gasteiger partial charge on any atom is 0.288 e. The second kappa shape index (κ2) is 4.84. The van der Waals surface area contributed by atoms with Crippen molar-refractivity contribution in [2.24, 2.45) is 0 Å². The lowest BCUT2D eigenvalue weighted by Crippen LogP contribution is -2.21. The summed E-state index contributed by atoms with van der Waals surface area (Å²) in [7, 11) is 0. The number of aryl methyl sites for hydroxylation is 1. The third kappa shape index (κ3) is 2.73. The van der Waals surface area contributed by atoms with E-state index in [1.807, 2.05) is 0 Å². The molecular weight excluding hydrogens is 250 g/mol. The molecule has 0 saturated heterocycles. The molecule has 2 N–H and O–H groups in total. The van der Waals surface area contributed by atoms with Crippen molar-refractivity contribution in [2.75, 3.05) is 5.73 Å². The second-order valence-electron chi connectivity index (χ2n) is 4.00. The minimum Gasteiger partial charge on any atom is -0.382 e. The zero-order chi connectivity index (χ0) is 14.0. The van der Waals surface area contributed by atoms with Crippen LogP contribution in [0.3, 0.4) is 0 Å². The van der Waals surface area contributed by atoms with Crippen LogP contribution < -0.4 is 11.3 Å². The van der Waals surface area contributed by atoms with E-state index in [4.69, 9.17) is 5.73 Å². The number of pyridine rings is 1. The Balaban J connectivity index is 2.40. The van der Waals surface area contributed by atoms with Gasteiger partial charge in [-0.1, -0.05) is 0 Å². The molecule has 0 unspecified atom stereocenters. The largest absolute Gasteiger partial charge is 0.382 e. The Morgan fingerprint density at radius 1 is 1.42 bits per heavy atom. The van der Waals surface area contributed by atoms with E-state index in [1.165, 1.54) is 36.1 Å². The van der Waals surface area contributed by atoms with E-state index in [1.54, 1.807) is 0 Å². The van der Waals surface area contributed by atoms with Gasteiger partial charge >= 0.3 is 0 Å². The first-order chi connectivity index (χ1) is 8.97. The van der Waals surface area contributed by atoms with E-state index in [9.17, 15) is 14.9 Å². The summed E-state index contributed by atoms with van der Waals surface area (Å²) >= 11 is 0. The Labute approximate surface area is 107 Å². The zero-order valence-corrected chi connectivity index (χ0v) is 10.1. The molecule has 98 valence electrons. The Bertz CT molecular complexity index is 678. The van der Waals surface area contributed by atoms with Crippen molar-refractivity contribution in [3.05, 3.63) is 56.4 Å². The van der Waals surface area contributed by atoms with Crippen molar-refractivity contribution in [3.8, 4) is 0 Å². The van der Waals surface area contributed by atoms with E-state index in [-0.39, 0.29) is 23.6 Å². The maximum atomic E-state index is 11.8. The molecule has 0 aliphatic carbocycles. The number of nitrogens with zero attached hydrogens (tertiary/aromatic N) is 4. The molecule has 8 heteroatoms. The lowest BCUT2D eigenvalue weighted by Gasteiger charge is -2.06. The van der Waals surface area contributed by atoms with Crippen LogP contribution in [0.15, 0.2) is 29.5 Å². The number of rotatable bonds is 3. The molecule has 19 heavy (non-hydrogen) atoms. The van der Waals surface area contributed by atoms with Crippen LogP contribution in [0, 0.1) is 17.0 Å². The van der Waals surface area contributed by atoms with Gasteiger partial charge in [-0.3, -0.25) is 19.9 Å². The molecule has 2 heterocycles. The van der Waals surface area contributed by atoms with Crippen LogP contribution >= 0.6 is 0 Å². The highest BCUT2D eigenvalue weighted by Crippen LogP contribution is 2.14. The number of anilines is 1. The van der Waals surface area contributed by atoms with Gasteiger partial charge in [0.2, 0.25) is 0 Å². The van der Waals surface area contributed by atoms with Crippen molar-refractivity contribution >= 4 is 11.5 Å². The third-order valence-corrected chi connectivity index (χ3v) is 2.56. The zero-order valence-electron chi connectivity index (χ0n) is 10.1. The van der Waals surface area contributed by atoms with Gasteiger partial charge in [-0.05, 0) is 6.92 Å². The van der Waals surface area contributed by atoms with Crippen LogP contribution in [0.4, 0.5) is 11.5 Å². The summed E-state index contributed by atoms with van der Waals surface area (Å²) in [6.45, 7) is 1.63. The van der Waals surface area contributed by atoms with Crippen molar-refractivity contribution in [1.29, 1.82) is 0 Å². The minimum absolute atomic E-state index is 0.104. The van der Waals surface area contributed by atoms with Gasteiger partial charge in [0.15, 0.2) is 0 Å². The predicted molar refractivity (Wildman–Crippen MR) is 67.6 cm³/mol. The lowest BCUT2D eigenvalue weighted by molar-refractivity contribution is -0.385. The standard InChI is InChI=1S/C11H11N5O3/c1-7-2-11(17)15(6-9(7)16(18)19)5-8-3-14-10(12)4-13-8/h2-4,6H,5H2,1H3,(H2,12,14). The summed E-state index contributed by atoms with van der Waals surface area (Å²) in [6.07, 6.45) is 3.99. The first kappa shape index (κ1) is 12.7. The van der Waals surface area contributed by atoms with Gasteiger partial charge < -0.3 is 10.3 Å². The number of nitrogen functional groups attached to an aromatic ring is 1. The van der Waals surface area contributed by atoms with Crippen LogP contribution in [0.1, 0.15) is 11.3 Å².